The van der Waals surface area contributed by atoms with Crippen LogP contribution in [0.15, 0.2) is 36.0 Å². The Balaban J connectivity index is 1.41. The van der Waals surface area contributed by atoms with Crippen molar-refractivity contribution in [1.82, 2.24) is 19.6 Å². The molecule has 1 saturated carbocycles. The Morgan fingerprint density at radius 1 is 1.02 bits per heavy atom. The average Bonchev–Trinajstić information content (AvgIpc) is 3.49. The van der Waals surface area contributed by atoms with Gasteiger partial charge in [-0.25, -0.2) is 9.59 Å². The van der Waals surface area contributed by atoms with Crippen molar-refractivity contribution in [3.63, 3.8) is 0 Å². The van der Waals surface area contributed by atoms with Gasteiger partial charge in [0.05, 0.1) is 12.5 Å². The number of amides is 3. The Kier molecular flexibility index (Phi) is 15.2. The molecule has 0 spiro atoms. The molecular weight excluding hydrogens is 636 g/mol. The third-order valence-corrected chi connectivity index (χ3v) is 11.0. The first kappa shape index (κ1) is 39.9. The van der Waals surface area contributed by atoms with E-state index in [0.29, 0.717) is 25.7 Å². The lowest BCUT2D eigenvalue weighted by molar-refractivity contribution is -0.151. The summed E-state index contributed by atoms with van der Waals surface area (Å²) in [5, 5.41) is 22.2. The SMILES string of the molecule is C/C(=C\C=C\[C@@H](C)CN(C)C(=O)N1CCCC1)[C@H]1OC(=O)C[C@@H](O)CC[C@](C)(O)[C@@H](OC(=O)N2CCN(C3CCCCCC3)CC2)/C=C/[C@@H]1C. The van der Waals surface area contributed by atoms with Gasteiger partial charge in [-0.15, -0.1) is 0 Å². The highest BCUT2D eigenvalue weighted by molar-refractivity contribution is 5.74. The Labute approximate surface area is 300 Å². The number of carbonyl (C=O) groups excluding carboxylic acids is 3. The molecule has 0 aromatic rings. The number of hydrogen-bond donors (Lipinski definition) is 2. The molecule has 0 aromatic carbocycles. The highest BCUT2D eigenvalue weighted by atomic mass is 16.6. The number of piperazine rings is 1. The number of hydrogen-bond acceptors (Lipinski definition) is 8. The highest BCUT2D eigenvalue weighted by Gasteiger charge is 2.37. The summed E-state index contributed by atoms with van der Waals surface area (Å²) in [5.41, 5.74) is -0.653. The van der Waals surface area contributed by atoms with Crippen LogP contribution in [0.3, 0.4) is 0 Å². The normalized spacial score (nSPS) is 31.3. The topological polar surface area (TPSA) is 123 Å². The molecule has 1 aliphatic carbocycles. The molecule has 4 aliphatic rings. The van der Waals surface area contributed by atoms with Gasteiger partial charge in [0.25, 0.3) is 0 Å². The number of carbonyl (C=O) groups is 3. The lowest BCUT2D eigenvalue weighted by atomic mass is 9.89. The second kappa shape index (κ2) is 19.1. The predicted molar refractivity (Wildman–Crippen MR) is 194 cm³/mol. The number of rotatable bonds is 7. The Morgan fingerprint density at radius 2 is 1.68 bits per heavy atom. The molecule has 50 heavy (non-hydrogen) atoms. The Hall–Kier alpha value is -2.89. The van der Waals surface area contributed by atoms with E-state index in [1.807, 2.05) is 50.1 Å². The van der Waals surface area contributed by atoms with Crippen molar-refractivity contribution in [1.29, 1.82) is 0 Å². The first-order valence-corrected chi connectivity index (χ1v) is 19.2. The molecule has 0 aromatic heterocycles. The number of aliphatic hydroxyl groups is 2. The van der Waals surface area contributed by atoms with Crippen molar-refractivity contribution in [3.05, 3.63) is 36.0 Å². The van der Waals surface area contributed by atoms with Gasteiger partial charge in [0, 0.05) is 64.8 Å². The van der Waals surface area contributed by atoms with Gasteiger partial charge in [-0.05, 0) is 69.9 Å². The molecule has 3 aliphatic heterocycles. The van der Waals surface area contributed by atoms with Crippen LogP contribution in [-0.2, 0) is 14.3 Å². The van der Waals surface area contributed by atoms with Gasteiger partial charge in [-0.3, -0.25) is 9.69 Å². The van der Waals surface area contributed by atoms with Crippen LogP contribution in [0.25, 0.3) is 0 Å². The zero-order valence-corrected chi connectivity index (χ0v) is 31.3. The largest absolute Gasteiger partial charge is 0.457 e. The highest BCUT2D eigenvalue weighted by Crippen LogP contribution is 2.28. The second-order valence-electron chi connectivity index (χ2n) is 15.5. The van der Waals surface area contributed by atoms with Crippen molar-refractivity contribution in [2.45, 2.75) is 128 Å². The van der Waals surface area contributed by atoms with Crippen LogP contribution in [0.4, 0.5) is 9.59 Å². The van der Waals surface area contributed by atoms with Crippen molar-refractivity contribution in [2.75, 3.05) is 52.9 Å². The minimum Gasteiger partial charge on any atom is -0.457 e. The summed E-state index contributed by atoms with van der Waals surface area (Å²) in [4.78, 5) is 47.0. The molecule has 0 bridgehead atoms. The van der Waals surface area contributed by atoms with E-state index in [9.17, 15) is 24.6 Å². The van der Waals surface area contributed by atoms with Gasteiger partial charge >= 0.3 is 18.1 Å². The minimum atomic E-state index is -1.46. The number of cyclic esters (lactones) is 1. The maximum atomic E-state index is 13.5. The standard InChI is InChI=1S/C39H64N4O7/c1-29(28-40(5)37(46)42-21-10-11-22-42)13-12-14-30(2)36-31(3)17-18-34(39(4,48)20-19-33(44)27-35(45)50-36)49-38(47)43-25-23-41(24-26-43)32-15-8-6-7-9-16-32/h12-14,17-18,29,31-34,36,44,48H,6-11,15-16,19-28H2,1-5H3/b13-12+,18-17+,30-14+/t29-,31+,33+,34+,36-,39+/m1/s1. The van der Waals surface area contributed by atoms with E-state index in [1.54, 1.807) is 22.8 Å². The summed E-state index contributed by atoms with van der Waals surface area (Å²) in [6, 6.07) is 0.655. The van der Waals surface area contributed by atoms with Crippen LogP contribution >= 0.6 is 0 Å². The van der Waals surface area contributed by atoms with E-state index < -0.39 is 36.0 Å². The molecule has 3 heterocycles. The maximum Gasteiger partial charge on any atom is 0.410 e. The van der Waals surface area contributed by atoms with Gasteiger partial charge in [0.2, 0.25) is 0 Å². The molecule has 11 nitrogen and oxygen atoms in total. The number of esters is 1. The van der Waals surface area contributed by atoms with Gasteiger partial charge < -0.3 is 34.4 Å². The summed E-state index contributed by atoms with van der Waals surface area (Å²) >= 11 is 0. The molecule has 2 saturated heterocycles. The first-order valence-electron chi connectivity index (χ1n) is 19.2. The number of nitrogens with zero attached hydrogens (tertiary/aromatic N) is 4. The molecule has 282 valence electrons. The maximum absolute atomic E-state index is 13.5. The van der Waals surface area contributed by atoms with Gasteiger partial charge in [-0.2, -0.15) is 0 Å². The predicted octanol–water partition coefficient (Wildman–Crippen LogP) is 5.52. The van der Waals surface area contributed by atoms with Crippen molar-refractivity contribution < 1.29 is 34.1 Å². The average molecular weight is 701 g/mol. The second-order valence-corrected chi connectivity index (χ2v) is 15.5. The Morgan fingerprint density at radius 3 is 2.34 bits per heavy atom. The number of aliphatic hydroxyl groups excluding tert-OH is 1. The van der Waals surface area contributed by atoms with Gasteiger partial charge in [-0.1, -0.05) is 63.8 Å². The third kappa shape index (κ3) is 11.8. The van der Waals surface area contributed by atoms with Crippen molar-refractivity contribution >= 4 is 18.1 Å². The first-order chi connectivity index (χ1) is 23.8. The zero-order valence-electron chi connectivity index (χ0n) is 31.3. The minimum absolute atomic E-state index is 0.0629. The number of ether oxygens (including phenoxy) is 2. The summed E-state index contributed by atoms with van der Waals surface area (Å²) in [5.74, 6) is -0.720. The van der Waals surface area contributed by atoms with Crippen LogP contribution in [0.1, 0.15) is 98.3 Å². The Bertz CT molecular complexity index is 1200. The molecule has 3 fully saturated rings. The van der Waals surface area contributed by atoms with Gasteiger partial charge in [0.15, 0.2) is 6.10 Å². The third-order valence-electron chi connectivity index (χ3n) is 11.0. The van der Waals surface area contributed by atoms with E-state index in [4.69, 9.17) is 9.47 Å². The smallest absolute Gasteiger partial charge is 0.410 e. The lowest BCUT2D eigenvalue weighted by Crippen LogP contribution is -2.53. The van der Waals surface area contributed by atoms with Crippen LogP contribution in [0.2, 0.25) is 0 Å². The van der Waals surface area contributed by atoms with Crippen LogP contribution < -0.4 is 0 Å². The molecule has 2 N–H and O–H groups in total. The fourth-order valence-electron chi connectivity index (χ4n) is 7.74. The molecule has 3 amide bonds. The zero-order chi connectivity index (χ0) is 36.3. The molecule has 11 heteroatoms. The van der Waals surface area contributed by atoms with Crippen LogP contribution in [-0.4, -0.2) is 131 Å². The molecule has 4 rings (SSSR count). The van der Waals surface area contributed by atoms with E-state index in [-0.39, 0.29) is 37.1 Å². The molecular formula is C39H64N4O7. The van der Waals surface area contributed by atoms with Gasteiger partial charge in [0.1, 0.15) is 11.7 Å². The van der Waals surface area contributed by atoms with Crippen molar-refractivity contribution in [3.8, 4) is 0 Å². The number of urea groups is 1. The van der Waals surface area contributed by atoms with E-state index in [2.05, 4.69) is 11.8 Å². The summed E-state index contributed by atoms with van der Waals surface area (Å²) in [7, 11) is 1.83. The van der Waals surface area contributed by atoms with E-state index >= 15 is 0 Å². The van der Waals surface area contributed by atoms with Crippen molar-refractivity contribution in [2.24, 2.45) is 11.8 Å². The van der Waals surface area contributed by atoms with Crippen LogP contribution in [0, 0.1) is 11.8 Å². The molecule has 0 radical (unpaired) electrons. The monoisotopic (exact) mass is 700 g/mol. The lowest BCUT2D eigenvalue weighted by Gasteiger charge is -2.40. The fourth-order valence-corrected chi connectivity index (χ4v) is 7.74. The summed E-state index contributed by atoms with van der Waals surface area (Å²) < 4.78 is 11.9. The number of likely N-dealkylation sites (tertiary alicyclic amines) is 1. The summed E-state index contributed by atoms with van der Waals surface area (Å²) in [6.45, 7) is 12.5. The molecule has 6 atom stereocenters. The van der Waals surface area contributed by atoms with E-state index in [0.717, 1.165) is 44.6 Å². The number of allylic oxidation sites excluding steroid dienone is 2. The molecule has 0 unspecified atom stereocenters. The summed E-state index contributed by atoms with van der Waals surface area (Å²) in [6.07, 6.45) is 16.2. The van der Waals surface area contributed by atoms with Crippen LogP contribution in [0.5, 0.6) is 0 Å². The fraction of sp³-hybridized carbons (Fsp3) is 0.769. The van der Waals surface area contributed by atoms with E-state index in [1.165, 1.54) is 38.5 Å². The quantitative estimate of drug-likeness (QED) is 0.154.